The van der Waals surface area contributed by atoms with E-state index in [9.17, 15) is 29.6 Å². The fourth-order valence-corrected chi connectivity index (χ4v) is 4.43. The highest BCUT2D eigenvalue weighted by Crippen LogP contribution is 2.21. The molecule has 14 heteroatoms. The first-order chi connectivity index (χ1) is 19.0. The number of carbonyl (C=O) groups is 3. The molecule has 0 unspecified atom stereocenters. The number of amides is 3. The van der Waals surface area contributed by atoms with Gasteiger partial charge in [-0.05, 0) is 55.5 Å². The molecule has 214 valence electrons. The van der Waals surface area contributed by atoms with E-state index >= 15 is 0 Å². The summed E-state index contributed by atoms with van der Waals surface area (Å²) in [4.78, 5) is 51.4. The zero-order chi connectivity index (χ0) is 29.2. The molecule has 2 aromatic rings. The molecule has 0 aliphatic carbocycles. The Bertz CT molecular complexity index is 1220. The van der Waals surface area contributed by atoms with Gasteiger partial charge in [0.05, 0.1) is 11.0 Å². The number of guanidine groups is 1. The average molecular weight is 555 g/mol. The number of hydrogen-bond acceptors (Lipinski definition) is 8. The highest BCUT2D eigenvalue weighted by molar-refractivity contribution is 5.99. The second kappa shape index (κ2) is 13.9. The minimum atomic E-state index is -1.05. The van der Waals surface area contributed by atoms with E-state index in [1.807, 2.05) is 0 Å². The second-order valence-electron chi connectivity index (χ2n) is 9.50. The Morgan fingerprint density at radius 3 is 2.45 bits per heavy atom. The van der Waals surface area contributed by atoms with Gasteiger partial charge in [0.1, 0.15) is 17.8 Å². The van der Waals surface area contributed by atoms with Gasteiger partial charge in [0.15, 0.2) is 5.96 Å². The van der Waals surface area contributed by atoms with E-state index in [0.717, 1.165) is 0 Å². The van der Waals surface area contributed by atoms with Crippen molar-refractivity contribution in [3.8, 4) is 5.75 Å². The summed E-state index contributed by atoms with van der Waals surface area (Å²) in [6.45, 7) is 0.747. The molecule has 0 bridgehead atoms. The molecule has 0 saturated carbocycles. The molecule has 1 saturated heterocycles. The average Bonchev–Trinajstić information content (AvgIpc) is 3.41. The Hall–Kier alpha value is -4.72. The number of benzene rings is 2. The van der Waals surface area contributed by atoms with E-state index < -0.39 is 34.9 Å². The Morgan fingerprint density at radius 2 is 1.82 bits per heavy atom. The number of likely N-dealkylation sites (tertiary alicyclic amines) is 1. The lowest BCUT2D eigenvalue weighted by Gasteiger charge is -2.28. The number of nitrogens with one attached hydrogen (secondary N) is 4. The SMILES string of the molecule is N=C(N)NCCC[C@H](N)C(=O)N1CCC[C@H]1C(=O)N[C@@H](Cc1ccc(O)cc1)C(=O)Nc1ccc([N+](=O)[O-])cc1. The lowest BCUT2D eigenvalue weighted by Crippen LogP contribution is -2.55. The molecule has 1 aliphatic heterocycles. The number of non-ortho nitro benzene ring substituents is 1. The van der Waals surface area contributed by atoms with E-state index in [-0.39, 0.29) is 29.7 Å². The number of anilines is 1. The molecule has 0 aromatic heterocycles. The Labute approximate surface area is 230 Å². The van der Waals surface area contributed by atoms with Gasteiger partial charge in [0, 0.05) is 37.3 Å². The van der Waals surface area contributed by atoms with Crippen molar-refractivity contribution in [2.24, 2.45) is 11.5 Å². The van der Waals surface area contributed by atoms with Gasteiger partial charge in [-0.25, -0.2) is 0 Å². The molecular formula is C26H34N8O6. The molecule has 9 N–H and O–H groups in total. The van der Waals surface area contributed by atoms with Gasteiger partial charge < -0.3 is 37.4 Å². The van der Waals surface area contributed by atoms with E-state index in [2.05, 4.69) is 16.0 Å². The molecule has 1 heterocycles. The smallest absolute Gasteiger partial charge is 0.269 e. The summed E-state index contributed by atoms with van der Waals surface area (Å²) in [5.74, 6) is -1.55. The molecule has 3 amide bonds. The molecule has 40 heavy (non-hydrogen) atoms. The zero-order valence-corrected chi connectivity index (χ0v) is 21.8. The molecule has 14 nitrogen and oxygen atoms in total. The van der Waals surface area contributed by atoms with Crippen molar-refractivity contribution in [3.05, 3.63) is 64.2 Å². The fourth-order valence-electron chi connectivity index (χ4n) is 4.43. The fraction of sp³-hybridized carbons (Fsp3) is 0.385. The van der Waals surface area contributed by atoms with Crippen LogP contribution in [0.1, 0.15) is 31.2 Å². The van der Waals surface area contributed by atoms with Crippen LogP contribution in [0.25, 0.3) is 0 Å². The van der Waals surface area contributed by atoms with Gasteiger partial charge in [-0.3, -0.25) is 29.9 Å². The summed E-state index contributed by atoms with van der Waals surface area (Å²) in [5, 5.41) is 35.8. The number of nitrogens with zero attached hydrogens (tertiary/aromatic N) is 2. The molecule has 0 spiro atoms. The van der Waals surface area contributed by atoms with Crippen molar-refractivity contribution in [3.63, 3.8) is 0 Å². The third-order valence-corrected chi connectivity index (χ3v) is 6.52. The predicted molar refractivity (Wildman–Crippen MR) is 147 cm³/mol. The van der Waals surface area contributed by atoms with Crippen LogP contribution in [-0.2, 0) is 20.8 Å². The van der Waals surface area contributed by atoms with Crippen LogP contribution in [0.5, 0.6) is 5.75 Å². The van der Waals surface area contributed by atoms with Crippen LogP contribution in [0.4, 0.5) is 11.4 Å². The van der Waals surface area contributed by atoms with Crippen molar-refractivity contribution in [1.82, 2.24) is 15.5 Å². The number of phenols is 1. The van der Waals surface area contributed by atoms with E-state index in [4.69, 9.17) is 16.9 Å². The van der Waals surface area contributed by atoms with Crippen LogP contribution in [0.3, 0.4) is 0 Å². The van der Waals surface area contributed by atoms with Crippen LogP contribution in [0.2, 0.25) is 0 Å². The number of nitrogens with two attached hydrogens (primary N) is 2. The van der Waals surface area contributed by atoms with Crippen LogP contribution < -0.4 is 27.4 Å². The minimum absolute atomic E-state index is 0.0493. The number of hydrogen-bond donors (Lipinski definition) is 7. The Kier molecular flexibility index (Phi) is 10.4. The summed E-state index contributed by atoms with van der Waals surface area (Å²) in [6, 6.07) is 8.79. The molecular weight excluding hydrogens is 520 g/mol. The van der Waals surface area contributed by atoms with Crippen molar-refractivity contribution >= 4 is 35.1 Å². The predicted octanol–water partition coefficient (Wildman–Crippen LogP) is 0.548. The Morgan fingerprint density at radius 1 is 1.15 bits per heavy atom. The topological polar surface area (TPSA) is 230 Å². The lowest BCUT2D eigenvalue weighted by molar-refractivity contribution is -0.384. The molecule has 3 atom stereocenters. The van der Waals surface area contributed by atoms with Crippen molar-refractivity contribution in [1.29, 1.82) is 5.41 Å². The van der Waals surface area contributed by atoms with Crippen LogP contribution in [0, 0.1) is 15.5 Å². The van der Waals surface area contributed by atoms with Gasteiger partial charge in [0.25, 0.3) is 5.69 Å². The van der Waals surface area contributed by atoms with Gasteiger partial charge in [-0.1, -0.05) is 12.1 Å². The third-order valence-electron chi connectivity index (χ3n) is 6.52. The van der Waals surface area contributed by atoms with Gasteiger partial charge in [-0.2, -0.15) is 0 Å². The molecule has 3 rings (SSSR count). The number of phenolic OH excluding ortho intramolecular Hbond substituents is 1. The van der Waals surface area contributed by atoms with Crippen molar-refractivity contribution in [2.45, 2.75) is 50.2 Å². The van der Waals surface area contributed by atoms with Gasteiger partial charge in [0.2, 0.25) is 17.7 Å². The quantitative estimate of drug-likeness (QED) is 0.0637. The monoisotopic (exact) mass is 554 g/mol. The van der Waals surface area contributed by atoms with Crippen LogP contribution in [0.15, 0.2) is 48.5 Å². The summed E-state index contributed by atoms with van der Waals surface area (Å²) >= 11 is 0. The number of carbonyl (C=O) groups excluding carboxylic acids is 3. The normalized spacial score (nSPS) is 16.0. The third kappa shape index (κ3) is 8.39. The highest BCUT2D eigenvalue weighted by Gasteiger charge is 2.37. The first-order valence-electron chi connectivity index (χ1n) is 12.8. The van der Waals surface area contributed by atoms with E-state index in [1.165, 1.54) is 41.3 Å². The number of rotatable bonds is 12. The zero-order valence-electron chi connectivity index (χ0n) is 21.8. The van der Waals surface area contributed by atoms with Crippen LogP contribution in [-0.4, -0.2) is 69.8 Å². The van der Waals surface area contributed by atoms with E-state index in [1.54, 1.807) is 12.1 Å². The summed E-state index contributed by atoms with van der Waals surface area (Å²) in [6.07, 6.45) is 1.94. The maximum Gasteiger partial charge on any atom is 0.269 e. The van der Waals surface area contributed by atoms with Crippen molar-refractivity contribution in [2.75, 3.05) is 18.4 Å². The second-order valence-corrected chi connectivity index (χ2v) is 9.50. The summed E-state index contributed by atoms with van der Waals surface area (Å²) in [7, 11) is 0. The standard InChI is InChI=1S/C26H34N8O6/c27-20(3-1-13-30-26(28)29)25(38)33-14-2-4-22(33)24(37)32-21(15-16-5-11-19(35)12-6-16)23(36)31-17-7-9-18(10-8-17)34(39)40/h5-12,20-22,35H,1-4,13-15,27H2,(H,31,36)(H,32,37)(H4,28,29,30)/t20-,21-,22-/m0/s1. The molecule has 0 radical (unpaired) electrons. The molecule has 1 fully saturated rings. The lowest BCUT2D eigenvalue weighted by atomic mass is 10.0. The van der Waals surface area contributed by atoms with Gasteiger partial charge in [-0.15, -0.1) is 0 Å². The first kappa shape index (κ1) is 29.8. The maximum absolute atomic E-state index is 13.4. The largest absolute Gasteiger partial charge is 0.508 e. The summed E-state index contributed by atoms with van der Waals surface area (Å²) in [5.41, 5.74) is 12.2. The molecule has 2 aromatic carbocycles. The summed E-state index contributed by atoms with van der Waals surface area (Å²) < 4.78 is 0. The van der Waals surface area contributed by atoms with E-state index in [0.29, 0.717) is 50.0 Å². The van der Waals surface area contributed by atoms with Crippen molar-refractivity contribution < 1.29 is 24.4 Å². The number of aromatic hydroxyl groups is 1. The maximum atomic E-state index is 13.4. The first-order valence-corrected chi connectivity index (χ1v) is 12.8. The Balaban J connectivity index is 1.70. The minimum Gasteiger partial charge on any atom is -0.508 e. The molecule has 1 aliphatic rings. The van der Waals surface area contributed by atoms with Crippen LogP contribution >= 0.6 is 0 Å². The number of nitro groups is 1. The van der Waals surface area contributed by atoms with Gasteiger partial charge >= 0.3 is 0 Å². The highest BCUT2D eigenvalue weighted by atomic mass is 16.6. The number of nitro benzene ring substituents is 1.